The third-order valence-electron chi connectivity index (χ3n) is 1.30. The molecule has 16 heavy (non-hydrogen) atoms. The fourth-order valence-electron chi connectivity index (χ4n) is 0.564. The van der Waals surface area contributed by atoms with Crippen molar-refractivity contribution in [1.29, 1.82) is 0 Å². The Morgan fingerprint density at radius 3 is 1.44 bits per heavy atom. The van der Waals surface area contributed by atoms with E-state index in [1.807, 2.05) is 0 Å². The Kier molecular flexibility index (Phi) is 6.57. The average molecular weight is 293 g/mol. The molecular weight excluding hydrogens is 279 g/mol. The van der Waals surface area contributed by atoms with Crippen molar-refractivity contribution in [1.82, 2.24) is 0 Å². The second-order valence-corrected chi connectivity index (χ2v) is 8.63. The molecule has 96 valence electrons. The van der Waals surface area contributed by atoms with Gasteiger partial charge in [0, 0.05) is 17.1 Å². The Labute approximate surface area is 95.9 Å². The molecule has 0 bridgehead atoms. The lowest BCUT2D eigenvalue weighted by Crippen LogP contribution is -2.10. The fourth-order valence-corrected chi connectivity index (χ4v) is 2.14. The van der Waals surface area contributed by atoms with E-state index >= 15 is 0 Å². The van der Waals surface area contributed by atoms with Crippen LogP contribution in [0, 0.1) is 0 Å². The minimum Gasteiger partial charge on any atom is -0.229 e. The number of hydrogen-bond acceptors (Lipinski definition) is 7. The van der Waals surface area contributed by atoms with Crippen LogP contribution in [-0.4, -0.2) is 54.1 Å². The van der Waals surface area contributed by atoms with Gasteiger partial charge in [-0.2, -0.15) is 0 Å². The molecule has 0 aliphatic heterocycles. The van der Waals surface area contributed by atoms with E-state index in [1.165, 1.54) is 0 Å². The summed E-state index contributed by atoms with van der Waals surface area (Å²) in [6.45, 7) is -0.486. The van der Waals surface area contributed by atoms with E-state index in [1.54, 1.807) is 0 Å². The summed E-state index contributed by atoms with van der Waals surface area (Å²) in [5, 5.41) is 0. The minimum absolute atomic E-state index is 0.243. The summed E-state index contributed by atoms with van der Waals surface area (Å²) in [6.07, 6.45) is 2.04. The van der Waals surface area contributed by atoms with Crippen LogP contribution < -0.4 is 0 Å². The van der Waals surface area contributed by atoms with Gasteiger partial charge in [0.1, 0.15) is 32.9 Å². The van der Waals surface area contributed by atoms with Gasteiger partial charge in [0.25, 0.3) is 0 Å². The average Bonchev–Trinajstić information content (AvgIpc) is 1.98. The molecule has 0 aromatic heterocycles. The summed E-state index contributed by atoms with van der Waals surface area (Å²) in [5.74, 6) is -0.521. The maximum Gasteiger partial charge on any atom is 0.697 e. The van der Waals surface area contributed by atoms with Crippen LogP contribution >= 0.6 is 8.25 Å². The van der Waals surface area contributed by atoms with E-state index in [0.717, 1.165) is 12.5 Å². The summed E-state index contributed by atoms with van der Waals surface area (Å²) in [7, 11) is -8.80. The van der Waals surface area contributed by atoms with Gasteiger partial charge >= 0.3 is 8.25 Å². The molecule has 0 unspecified atom stereocenters. The lowest BCUT2D eigenvalue weighted by molar-refractivity contribution is 0.244. The largest absolute Gasteiger partial charge is 0.697 e. The fraction of sp³-hybridized carbons (Fsp3) is 1.00. The van der Waals surface area contributed by atoms with Gasteiger partial charge < -0.3 is 0 Å². The third-order valence-corrected chi connectivity index (χ3v) is 3.90. The minimum atomic E-state index is -3.17. The van der Waals surface area contributed by atoms with Crippen molar-refractivity contribution in [3.63, 3.8) is 0 Å². The Hall–Kier alpha value is -0.0800. The molecule has 0 radical (unpaired) electrons. The smallest absolute Gasteiger partial charge is 0.229 e. The molecule has 0 fully saturated rings. The van der Waals surface area contributed by atoms with Gasteiger partial charge in [0.05, 0.1) is 11.5 Å². The predicted octanol–water partition coefficient (Wildman–Crippen LogP) is -0.234. The Morgan fingerprint density at radius 2 is 1.19 bits per heavy atom. The molecule has 0 saturated carbocycles. The van der Waals surface area contributed by atoms with Crippen LogP contribution in [-0.2, 0) is 33.3 Å². The molecule has 0 aromatic carbocycles. The SMILES string of the molecule is CS(=O)(=O)CCO[P+](=O)OCCS(C)(=O)=O. The first-order chi connectivity index (χ1) is 7.10. The zero-order valence-corrected chi connectivity index (χ0v) is 11.5. The zero-order valence-electron chi connectivity index (χ0n) is 8.95. The van der Waals surface area contributed by atoms with Crippen LogP contribution in [0.4, 0.5) is 0 Å². The van der Waals surface area contributed by atoms with Crippen molar-refractivity contribution in [3.05, 3.63) is 0 Å². The topological polar surface area (TPSA) is 104 Å². The van der Waals surface area contributed by atoms with E-state index in [0.29, 0.717) is 0 Å². The van der Waals surface area contributed by atoms with Crippen LogP contribution in [0.1, 0.15) is 0 Å². The first kappa shape index (κ1) is 15.9. The maximum absolute atomic E-state index is 10.9. The lowest BCUT2D eigenvalue weighted by atomic mass is 10.9. The molecule has 0 aliphatic carbocycles. The van der Waals surface area contributed by atoms with Crippen LogP contribution in [0.2, 0.25) is 0 Å². The van der Waals surface area contributed by atoms with Crippen molar-refractivity contribution in [2.24, 2.45) is 0 Å². The van der Waals surface area contributed by atoms with E-state index in [9.17, 15) is 21.4 Å². The summed E-state index contributed by atoms with van der Waals surface area (Å²) >= 11 is 0. The van der Waals surface area contributed by atoms with E-state index in [-0.39, 0.29) is 24.7 Å². The molecule has 0 aromatic rings. The monoisotopic (exact) mass is 293 g/mol. The Bertz CT molecular complexity index is 384. The second-order valence-electron chi connectivity index (χ2n) is 3.15. The lowest BCUT2D eigenvalue weighted by Gasteiger charge is -1.93. The maximum atomic E-state index is 10.9. The summed E-state index contributed by atoms with van der Waals surface area (Å²) in [6, 6.07) is 0. The quantitative estimate of drug-likeness (QED) is 0.569. The third kappa shape index (κ3) is 12.0. The first-order valence-corrected chi connectivity index (χ1v) is 9.40. The molecular formula is C6H14O7PS2+. The number of hydrogen-bond donors (Lipinski definition) is 0. The highest BCUT2D eigenvalue weighted by Crippen LogP contribution is 2.23. The van der Waals surface area contributed by atoms with Gasteiger partial charge in [-0.1, -0.05) is 0 Å². The van der Waals surface area contributed by atoms with Gasteiger partial charge in [0.2, 0.25) is 0 Å². The summed E-state index contributed by atoms with van der Waals surface area (Å²) < 4.78 is 62.7. The Balaban J connectivity index is 3.69. The van der Waals surface area contributed by atoms with Gasteiger partial charge in [-0.05, 0) is 0 Å². The van der Waals surface area contributed by atoms with E-state index < -0.39 is 27.9 Å². The van der Waals surface area contributed by atoms with Crippen LogP contribution in [0.3, 0.4) is 0 Å². The number of rotatable bonds is 8. The highest BCUT2D eigenvalue weighted by molar-refractivity contribution is 7.90. The van der Waals surface area contributed by atoms with Gasteiger partial charge in [-0.3, -0.25) is 0 Å². The molecule has 10 heteroatoms. The molecule has 0 rings (SSSR count). The standard InChI is InChI=1S/C6H14O7PS2/c1-15(8,9)5-3-12-14(7)13-4-6-16(2,10)11/h3-6H2,1-2H3/q+1. The molecule has 0 atom stereocenters. The highest BCUT2D eigenvalue weighted by atomic mass is 32.2. The molecule has 0 heterocycles. The van der Waals surface area contributed by atoms with E-state index in [4.69, 9.17) is 0 Å². The molecule has 0 N–H and O–H groups in total. The summed E-state index contributed by atoms with van der Waals surface area (Å²) in [4.78, 5) is 0. The summed E-state index contributed by atoms with van der Waals surface area (Å²) in [5.41, 5.74) is 0. The van der Waals surface area contributed by atoms with Crippen LogP contribution in [0.15, 0.2) is 0 Å². The normalized spacial score (nSPS) is 12.6. The van der Waals surface area contributed by atoms with Crippen molar-refractivity contribution in [2.75, 3.05) is 37.2 Å². The van der Waals surface area contributed by atoms with Crippen molar-refractivity contribution in [3.8, 4) is 0 Å². The van der Waals surface area contributed by atoms with Crippen LogP contribution in [0.25, 0.3) is 0 Å². The second kappa shape index (κ2) is 6.61. The Morgan fingerprint density at radius 1 is 0.875 bits per heavy atom. The van der Waals surface area contributed by atoms with Crippen molar-refractivity contribution < 1.29 is 30.4 Å². The molecule has 7 nitrogen and oxygen atoms in total. The predicted molar refractivity (Wildman–Crippen MR) is 58.9 cm³/mol. The van der Waals surface area contributed by atoms with Gasteiger partial charge in [-0.25, -0.2) is 16.8 Å². The highest BCUT2D eigenvalue weighted by Gasteiger charge is 2.21. The van der Waals surface area contributed by atoms with Crippen molar-refractivity contribution in [2.45, 2.75) is 0 Å². The van der Waals surface area contributed by atoms with Gasteiger partial charge in [0.15, 0.2) is 0 Å². The van der Waals surface area contributed by atoms with Crippen LogP contribution in [0.5, 0.6) is 0 Å². The van der Waals surface area contributed by atoms with E-state index in [2.05, 4.69) is 9.05 Å². The number of sulfone groups is 2. The van der Waals surface area contributed by atoms with Crippen molar-refractivity contribution >= 4 is 27.9 Å². The molecule has 0 amide bonds. The first-order valence-electron chi connectivity index (χ1n) is 4.19. The molecule has 0 spiro atoms. The zero-order chi connectivity index (χ0) is 12.8. The molecule has 0 saturated heterocycles. The van der Waals surface area contributed by atoms with Gasteiger partial charge in [-0.15, -0.1) is 9.05 Å². The molecule has 0 aliphatic rings.